The molecule has 0 saturated carbocycles. The van der Waals surface area contributed by atoms with Crippen LogP contribution in [0.25, 0.3) is 0 Å². The van der Waals surface area contributed by atoms with Crippen molar-refractivity contribution in [3.8, 4) is 0 Å². The van der Waals surface area contributed by atoms with Gasteiger partial charge in [-0.3, -0.25) is 10.2 Å². The first-order chi connectivity index (χ1) is 9.16. The first-order valence-corrected chi connectivity index (χ1v) is 6.44. The van der Waals surface area contributed by atoms with Gasteiger partial charge in [0.05, 0.1) is 10.6 Å². The number of benzene rings is 2. The van der Waals surface area contributed by atoms with Crippen molar-refractivity contribution in [3.05, 3.63) is 69.7 Å². The van der Waals surface area contributed by atoms with Crippen LogP contribution in [0.1, 0.15) is 15.9 Å². The summed E-state index contributed by atoms with van der Waals surface area (Å²) in [7, 11) is 0. The van der Waals surface area contributed by atoms with E-state index in [1.807, 2.05) is 12.1 Å². The van der Waals surface area contributed by atoms with Crippen LogP contribution >= 0.6 is 23.2 Å². The Morgan fingerprint density at radius 3 is 2.37 bits per heavy atom. The molecular weight excluding hydrogens is 283 g/mol. The predicted octanol–water partition coefficient (Wildman–Crippen LogP) is 3.43. The summed E-state index contributed by atoms with van der Waals surface area (Å²) < 4.78 is 0. The summed E-state index contributed by atoms with van der Waals surface area (Å²) in [5, 5.41) is 1.11. The number of hydrogen-bond donors (Lipinski definition) is 2. The van der Waals surface area contributed by atoms with Crippen LogP contribution in [0.2, 0.25) is 10.0 Å². The van der Waals surface area contributed by atoms with Crippen molar-refractivity contribution in [2.75, 3.05) is 0 Å². The summed E-state index contributed by atoms with van der Waals surface area (Å²) in [6.07, 6.45) is 0. The lowest BCUT2D eigenvalue weighted by Gasteiger charge is -2.08. The molecule has 0 aliphatic rings. The monoisotopic (exact) mass is 294 g/mol. The van der Waals surface area contributed by atoms with E-state index in [-0.39, 0.29) is 5.91 Å². The Morgan fingerprint density at radius 2 is 1.68 bits per heavy atom. The maximum absolute atomic E-state index is 11.8. The van der Waals surface area contributed by atoms with E-state index in [4.69, 9.17) is 23.2 Å². The van der Waals surface area contributed by atoms with E-state index in [0.29, 0.717) is 22.2 Å². The van der Waals surface area contributed by atoms with Crippen molar-refractivity contribution < 1.29 is 4.79 Å². The molecule has 98 valence electrons. The minimum Gasteiger partial charge on any atom is -0.287 e. The maximum Gasteiger partial charge on any atom is 0.266 e. The molecule has 0 radical (unpaired) electrons. The molecule has 1 amide bonds. The normalized spacial score (nSPS) is 10.2. The second kappa shape index (κ2) is 6.57. The summed E-state index contributed by atoms with van der Waals surface area (Å²) in [4.78, 5) is 11.8. The van der Waals surface area contributed by atoms with Gasteiger partial charge < -0.3 is 0 Å². The van der Waals surface area contributed by atoms with Gasteiger partial charge in [-0.15, -0.1) is 0 Å². The lowest BCUT2D eigenvalue weighted by molar-refractivity contribution is 0.0932. The molecule has 0 heterocycles. The van der Waals surface area contributed by atoms with Gasteiger partial charge in [-0.1, -0.05) is 47.5 Å². The average molecular weight is 295 g/mol. The van der Waals surface area contributed by atoms with Crippen LogP contribution in [0.5, 0.6) is 0 Å². The fourth-order valence-corrected chi connectivity index (χ4v) is 1.89. The van der Waals surface area contributed by atoms with Crippen molar-refractivity contribution in [3.63, 3.8) is 0 Å². The van der Waals surface area contributed by atoms with Gasteiger partial charge in [-0.05, 0) is 29.8 Å². The zero-order chi connectivity index (χ0) is 13.7. The van der Waals surface area contributed by atoms with E-state index in [9.17, 15) is 4.79 Å². The summed E-state index contributed by atoms with van der Waals surface area (Å²) in [5.74, 6) is -0.264. The standard InChI is InChI=1S/C14H12Cl2N2O/c15-11-7-5-10(6-8-11)9-17-18-14(19)12-3-1-2-4-13(12)16/h1-8,17H,9H2,(H,18,19). The molecular formula is C14H12Cl2N2O. The largest absolute Gasteiger partial charge is 0.287 e. The minimum atomic E-state index is -0.264. The third-order valence-electron chi connectivity index (χ3n) is 2.53. The molecule has 2 N–H and O–H groups in total. The lowest BCUT2D eigenvalue weighted by atomic mass is 10.2. The molecule has 19 heavy (non-hydrogen) atoms. The van der Waals surface area contributed by atoms with E-state index in [0.717, 1.165) is 5.56 Å². The first kappa shape index (κ1) is 13.9. The van der Waals surface area contributed by atoms with Crippen LogP contribution in [-0.4, -0.2) is 5.91 Å². The summed E-state index contributed by atoms with van der Waals surface area (Å²) >= 11 is 11.7. The highest BCUT2D eigenvalue weighted by molar-refractivity contribution is 6.33. The summed E-state index contributed by atoms with van der Waals surface area (Å²) in [6.45, 7) is 0.507. The number of rotatable bonds is 4. The van der Waals surface area contributed by atoms with Crippen molar-refractivity contribution >= 4 is 29.1 Å². The van der Waals surface area contributed by atoms with Gasteiger partial charge in [0.2, 0.25) is 0 Å². The highest BCUT2D eigenvalue weighted by atomic mass is 35.5. The van der Waals surface area contributed by atoms with Gasteiger partial charge in [0, 0.05) is 11.6 Å². The second-order valence-electron chi connectivity index (χ2n) is 3.91. The molecule has 0 aliphatic carbocycles. The van der Waals surface area contributed by atoms with Gasteiger partial charge in [0.15, 0.2) is 0 Å². The number of halogens is 2. The Balaban J connectivity index is 1.88. The lowest BCUT2D eigenvalue weighted by Crippen LogP contribution is -2.36. The molecule has 0 spiro atoms. The first-order valence-electron chi connectivity index (χ1n) is 5.69. The van der Waals surface area contributed by atoms with E-state index < -0.39 is 0 Å². The van der Waals surface area contributed by atoms with Crippen LogP contribution in [0.3, 0.4) is 0 Å². The molecule has 0 bridgehead atoms. The van der Waals surface area contributed by atoms with Crippen LogP contribution in [0, 0.1) is 0 Å². The Kier molecular flexibility index (Phi) is 4.80. The van der Waals surface area contributed by atoms with Gasteiger partial charge in [0.1, 0.15) is 0 Å². The van der Waals surface area contributed by atoms with Gasteiger partial charge in [-0.25, -0.2) is 5.43 Å². The van der Waals surface area contributed by atoms with E-state index in [2.05, 4.69) is 10.9 Å². The van der Waals surface area contributed by atoms with Crippen LogP contribution in [0.4, 0.5) is 0 Å². The molecule has 0 atom stereocenters. The Hall–Kier alpha value is -1.55. The van der Waals surface area contributed by atoms with E-state index in [1.165, 1.54) is 0 Å². The predicted molar refractivity (Wildman–Crippen MR) is 77.2 cm³/mol. The Morgan fingerprint density at radius 1 is 1.00 bits per heavy atom. The van der Waals surface area contributed by atoms with Gasteiger partial charge in [-0.2, -0.15) is 0 Å². The molecule has 2 aromatic carbocycles. The molecule has 0 saturated heterocycles. The average Bonchev–Trinajstić information content (AvgIpc) is 2.41. The number of amides is 1. The molecule has 0 fully saturated rings. The number of hydrazine groups is 1. The quantitative estimate of drug-likeness (QED) is 0.848. The SMILES string of the molecule is O=C(NNCc1ccc(Cl)cc1)c1ccccc1Cl. The van der Waals surface area contributed by atoms with Crippen molar-refractivity contribution in [2.45, 2.75) is 6.54 Å². The third kappa shape index (κ3) is 3.96. The van der Waals surface area contributed by atoms with Crippen LogP contribution in [-0.2, 0) is 6.54 Å². The minimum absolute atomic E-state index is 0.264. The van der Waals surface area contributed by atoms with Gasteiger partial charge >= 0.3 is 0 Å². The van der Waals surface area contributed by atoms with Crippen molar-refractivity contribution in [1.82, 2.24) is 10.9 Å². The topological polar surface area (TPSA) is 41.1 Å². The van der Waals surface area contributed by atoms with Crippen molar-refractivity contribution in [2.24, 2.45) is 0 Å². The molecule has 0 aliphatic heterocycles. The van der Waals surface area contributed by atoms with Crippen LogP contribution in [0.15, 0.2) is 48.5 Å². The summed E-state index contributed by atoms with van der Waals surface area (Å²) in [6, 6.07) is 14.3. The maximum atomic E-state index is 11.8. The van der Waals surface area contributed by atoms with E-state index in [1.54, 1.807) is 36.4 Å². The molecule has 2 rings (SSSR count). The van der Waals surface area contributed by atoms with Gasteiger partial charge in [0.25, 0.3) is 5.91 Å². The fraction of sp³-hybridized carbons (Fsp3) is 0.0714. The number of carbonyl (C=O) groups is 1. The summed E-state index contributed by atoms with van der Waals surface area (Å²) in [5.41, 5.74) is 6.90. The number of nitrogens with one attached hydrogen (secondary N) is 2. The fourth-order valence-electron chi connectivity index (χ4n) is 1.54. The second-order valence-corrected chi connectivity index (χ2v) is 4.76. The smallest absolute Gasteiger partial charge is 0.266 e. The molecule has 0 unspecified atom stereocenters. The number of carbonyl (C=O) groups excluding carboxylic acids is 1. The zero-order valence-corrected chi connectivity index (χ0v) is 11.5. The van der Waals surface area contributed by atoms with Crippen molar-refractivity contribution in [1.29, 1.82) is 0 Å². The van der Waals surface area contributed by atoms with E-state index >= 15 is 0 Å². The highest BCUT2D eigenvalue weighted by Gasteiger charge is 2.08. The van der Waals surface area contributed by atoms with Crippen LogP contribution < -0.4 is 10.9 Å². The highest BCUT2D eigenvalue weighted by Crippen LogP contribution is 2.14. The molecule has 0 aromatic heterocycles. The zero-order valence-electron chi connectivity index (χ0n) is 9.99. The Bertz CT molecular complexity index is 570. The molecule has 3 nitrogen and oxygen atoms in total. The molecule has 5 heteroatoms. The number of hydrogen-bond acceptors (Lipinski definition) is 2. The molecule has 2 aromatic rings. The third-order valence-corrected chi connectivity index (χ3v) is 3.11. The Labute approximate surface area is 121 Å².